The Morgan fingerprint density at radius 3 is 2.72 bits per heavy atom. The third-order valence-electron chi connectivity index (χ3n) is 4.31. The number of nitriles is 1. The van der Waals surface area contributed by atoms with Gasteiger partial charge in [0.15, 0.2) is 0 Å². The van der Waals surface area contributed by atoms with Crippen molar-refractivity contribution in [3.05, 3.63) is 75.1 Å². The third-order valence-corrected chi connectivity index (χ3v) is 4.31. The van der Waals surface area contributed by atoms with Crippen molar-refractivity contribution in [1.29, 1.82) is 5.26 Å². The predicted molar refractivity (Wildman–Crippen MR) is 99.8 cm³/mol. The molecular formula is C21H20N2O2. The van der Waals surface area contributed by atoms with Crippen LogP contribution in [0.1, 0.15) is 42.0 Å². The van der Waals surface area contributed by atoms with Crippen molar-refractivity contribution in [1.82, 2.24) is 0 Å². The molecule has 1 N–H and O–H groups in total. The van der Waals surface area contributed by atoms with E-state index in [1.54, 1.807) is 12.1 Å². The van der Waals surface area contributed by atoms with Crippen LogP contribution >= 0.6 is 0 Å². The van der Waals surface area contributed by atoms with E-state index in [0.29, 0.717) is 23.6 Å². The highest BCUT2D eigenvalue weighted by atomic mass is 16.4. The Morgan fingerprint density at radius 1 is 1.20 bits per heavy atom. The lowest BCUT2D eigenvalue weighted by Crippen LogP contribution is -2.07. The van der Waals surface area contributed by atoms with Gasteiger partial charge in [-0.1, -0.05) is 19.9 Å². The lowest BCUT2D eigenvalue weighted by Gasteiger charge is -2.14. The lowest BCUT2D eigenvalue weighted by molar-refractivity contribution is 0.558. The van der Waals surface area contributed by atoms with Crippen LogP contribution in [-0.2, 0) is 6.54 Å². The molecular weight excluding hydrogens is 312 g/mol. The first kappa shape index (κ1) is 16.8. The molecule has 25 heavy (non-hydrogen) atoms. The summed E-state index contributed by atoms with van der Waals surface area (Å²) in [5.41, 5.74) is 4.95. The highest BCUT2D eigenvalue weighted by Crippen LogP contribution is 2.27. The number of nitrogens with one attached hydrogen (secondary N) is 1. The van der Waals surface area contributed by atoms with Crippen molar-refractivity contribution in [3.63, 3.8) is 0 Å². The summed E-state index contributed by atoms with van der Waals surface area (Å²) in [5.74, 6) is 0.393. The van der Waals surface area contributed by atoms with Gasteiger partial charge < -0.3 is 9.73 Å². The molecule has 0 bridgehead atoms. The zero-order valence-electron chi connectivity index (χ0n) is 14.6. The van der Waals surface area contributed by atoms with Gasteiger partial charge in [0, 0.05) is 23.7 Å². The van der Waals surface area contributed by atoms with Crippen LogP contribution in [0.5, 0.6) is 0 Å². The van der Waals surface area contributed by atoms with E-state index in [9.17, 15) is 4.79 Å². The van der Waals surface area contributed by atoms with E-state index < -0.39 is 0 Å². The molecule has 0 atom stereocenters. The van der Waals surface area contributed by atoms with E-state index >= 15 is 0 Å². The average Bonchev–Trinajstić information content (AvgIpc) is 2.58. The van der Waals surface area contributed by atoms with Crippen LogP contribution < -0.4 is 10.9 Å². The number of aryl methyl sites for hydroxylation is 1. The minimum atomic E-state index is -0.355. The molecule has 126 valence electrons. The van der Waals surface area contributed by atoms with Crippen LogP contribution in [0, 0.1) is 18.3 Å². The van der Waals surface area contributed by atoms with Crippen molar-refractivity contribution >= 4 is 16.7 Å². The number of anilines is 1. The molecule has 0 aliphatic carbocycles. The van der Waals surface area contributed by atoms with E-state index in [-0.39, 0.29) is 5.63 Å². The van der Waals surface area contributed by atoms with Gasteiger partial charge in [-0.2, -0.15) is 5.26 Å². The second-order valence-corrected chi connectivity index (χ2v) is 6.50. The summed E-state index contributed by atoms with van der Waals surface area (Å²) in [7, 11) is 0. The molecule has 0 saturated heterocycles. The Bertz CT molecular complexity index is 1030. The predicted octanol–water partition coefficient (Wildman–Crippen LogP) is 4.71. The topological polar surface area (TPSA) is 66.0 Å². The van der Waals surface area contributed by atoms with Crippen LogP contribution in [-0.4, -0.2) is 0 Å². The summed E-state index contributed by atoms with van der Waals surface area (Å²) in [5, 5.41) is 13.2. The van der Waals surface area contributed by atoms with Crippen molar-refractivity contribution in [2.24, 2.45) is 0 Å². The smallest absolute Gasteiger partial charge is 0.336 e. The normalized spacial score (nSPS) is 10.8. The Morgan fingerprint density at radius 2 is 2.00 bits per heavy atom. The number of rotatable bonds is 4. The Labute approximate surface area is 146 Å². The van der Waals surface area contributed by atoms with Gasteiger partial charge in [0.1, 0.15) is 5.58 Å². The molecule has 0 radical (unpaired) electrons. The van der Waals surface area contributed by atoms with Gasteiger partial charge >= 0.3 is 5.63 Å². The third kappa shape index (κ3) is 3.56. The number of fused-ring (bicyclic) bond motifs is 1. The van der Waals surface area contributed by atoms with Gasteiger partial charge in [-0.3, -0.25) is 0 Å². The fraction of sp³-hybridized carbons (Fsp3) is 0.238. The first-order chi connectivity index (χ1) is 12.0. The molecule has 4 heteroatoms. The highest BCUT2D eigenvalue weighted by molar-refractivity contribution is 5.82. The fourth-order valence-electron chi connectivity index (χ4n) is 3.06. The van der Waals surface area contributed by atoms with Gasteiger partial charge in [-0.05, 0) is 59.9 Å². The van der Waals surface area contributed by atoms with Gasteiger partial charge in [-0.25, -0.2) is 4.79 Å². The maximum absolute atomic E-state index is 11.9. The number of benzene rings is 2. The SMILES string of the molecule is Cc1cc2oc(=O)cc(CNc3cccc(C#N)c3)c2cc1C(C)C. The Balaban J connectivity index is 2.01. The molecule has 0 aliphatic heterocycles. The molecule has 0 amide bonds. The summed E-state index contributed by atoms with van der Waals surface area (Å²) in [6.45, 7) is 6.82. The molecule has 0 saturated carbocycles. The zero-order chi connectivity index (χ0) is 18.0. The van der Waals surface area contributed by atoms with E-state index in [1.807, 2.05) is 25.1 Å². The van der Waals surface area contributed by atoms with Crippen molar-refractivity contribution in [2.45, 2.75) is 33.2 Å². The van der Waals surface area contributed by atoms with Crippen LogP contribution in [0.4, 0.5) is 5.69 Å². The molecule has 0 fully saturated rings. The molecule has 3 aromatic rings. The molecule has 1 heterocycles. The van der Waals surface area contributed by atoms with Gasteiger partial charge in [0.25, 0.3) is 0 Å². The number of hydrogen-bond donors (Lipinski definition) is 1. The highest BCUT2D eigenvalue weighted by Gasteiger charge is 2.11. The second kappa shape index (κ2) is 6.82. The van der Waals surface area contributed by atoms with Crippen LogP contribution in [0.25, 0.3) is 11.0 Å². The van der Waals surface area contributed by atoms with Crippen LogP contribution in [0.3, 0.4) is 0 Å². The maximum atomic E-state index is 11.9. The van der Waals surface area contributed by atoms with Crippen LogP contribution in [0.2, 0.25) is 0 Å². The summed E-state index contributed by atoms with van der Waals surface area (Å²) in [6, 6.07) is 15.0. The number of nitrogens with zero attached hydrogens (tertiary/aromatic N) is 1. The van der Waals surface area contributed by atoms with Gasteiger partial charge in [0.2, 0.25) is 0 Å². The maximum Gasteiger partial charge on any atom is 0.336 e. The molecule has 1 aromatic heterocycles. The summed E-state index contributed by atoms with van der Waals surface area (Å²) in [4.78, 5) is 11.9. The Hall–Kier alpha value is -3.06. The molecule has 0 spiro atoms. The summed E-state index contributed by atoms with van der Waals surface area (Å²) in [6.07, 6.45) is 0. The fourth-order valence-corrected chi connectivity index (χ4v) is 3.06. The zero-order valence-corrected chi connectivity index (χ0v) is 14.6. The van der Waals surface area contributed by atoms with Crippen LogP contribution in [0.15, 0.2) is 51.7 Å². The van der Waals surface area contributed by atoms with E-state index in [0.717, 1.165) is 22.2 Å². The van der Waals surface area contributed by atoms with Gasteiger partial charge in [-0.15, -0.1) is 0 Å². The first-order valence-corrected chi connectivity index (χ1v) is 8.29. The summed E-state index contributed by atoms with van der Waals surface area (Å²) < 4.78 is 5.38. The quantitative estimate of drug-likeness (QED) is 0.703. The van der Waals surface area contributed by atoms with E-state index in [2.05, 4.69) is 31.3 Å². The molecule has 2 aromatic carbocycles. The standard InChI is InChI=1S/C21H20N2O2/c1-13(2)18-10-19-16(9-21(24)25-20(19)7-14(18)3)12-23-17-6-4-5-15(8-17)11-22/h4-10,13,23H,12H2,1-3H3. The molecule has 3 rings (SSSR count). The van der Waals surface area contributed by atoms with Crippen molar-refractivity contribution in [3.8, 4) is 6.07 Å². The Kier molecular flexibility index (Phi) is 4.58. The van der Waals surface area contributed by atoms with Gasteiger partial charge in [0.05, 0.1) is 11.6 Å². The van der Waals surface area contributed by atoms with E-state index in [4.69, 9.17) is 9.68 Å². The summed E-state index contributed by atoms with van der Waals surface area (Å²) >= 11 is 0. The molecule has 0 aliphatic rings. The second-order valence-electron chi connectivity index (χ2n) is 6.50. The monoisotopic (exact) mass is 332 g/mol. The minimum absolute atomic E-state index is 0.355. The number of hydrogen-bond acceptors (Lipinski definition) is 4. The van der Waals surface area contributed by atoms with Crippen molar-refractivity contribution < 1.29 is 4.42 Å². The molecule has 4 nitrogen and oxygen atoms in total. The molecule has 0 unspecified atom stereocenters. The minimum Gasteiger partial charge on any atom is -0.423 e. The average molecular weight is 332 g/mol. The first-order valence-electron chi connectivity index (χ1n) is 8.29. The lowest BCUT2D eigenvalue weighted by atomic mass is 9.95. The largest absolute Gasteiger partial charge is 0.423 e. The van der Waals surface area contributed by atoms with Crippen molar-refractivity contribution in [2.75, 3.05) is 5.32 Å². The van der Waals surface area contributed by atoms with E-state index in [1.165, 1.54) is 11.6 Å².